The lowest BCUT2D eigenvalue weighted by atomic mass is 10.2. The minimum atomic E-state index is -0.815. The quantitative estimate of drug-likeness (QED) is 0.590. The smallest absolute Gasteiger partial charge is 0.280 e. The Morgan fingerprint density at radius 3 is 2.68 bits per heavy atom. The van der Waals surface area contributed by atoms with Crippen LogP contribution in [0.1, 0.15) is 12.5 Å². The number of aromatic hydroxyl groups is 1. The normalized spacial score (nSPS) is 12.0. The number of carbonyl (C=O) groups excluding carboxylic acids is 1. The SMILES string of the molecule is COc1cc(/C=N/NC(=O)C(C)Oc2ccc(Cl)cc2Cl)ccc1O. The number of rotatable bonds is 6. The molecule has 0 aromatic heterocycles. The fourth-order valence-electron chi connectivity index (χ4n) is 1.85. The van der Waals surface area contributed by atoms with Crippen molar-refractivity contribution in [1.82, 2.24) is 5.43 Å². The van der Waals surface area contributed by atoms with Gasteiger partial charge in [0.1, 0.15) is 5.75 Å². The van der Waals surface area contributed by atoms with E-state index in [9.17, 15) is 9.90 Å². The Morgan fingerprint density at radius 1 is 1.24 bits per heavy atom. The third-order valence-electron chi connectivity index (χ3n) is 3.16. The van der Waals surface area contributed by atoms with Gasteiger partial charge in [0.2, 0.25) is 0 Å². The molecule has 0 heterocycles. The molecule has 0 saturated carbocycles. The highest BCUT2D eigenvalue weighted by molar-refractivity contribution is 6.35. The molecule has 6 nitrogen and oxygen atoms in total. The zero-order valence-electron chi connectivity index (χ0n) is 13.5. The van der Waals surface area contributed by atoms with Gasteiger partial charge >= 0.3 is 0 Å². The number of nitrogens with one attached hydrogen (secondary N) is 1. The molecule has 1 atom stereocenters. The lowest BCUT2D eigenvalue weighted by Gasteiger charge is -2.14. The van der Waals surface area contributed by atoms with E-state index >= 15 is 0 Å². The minimum absolute atomic E-state index is 0.0190. The molecule has 2 N–H and O–H groups in total. The Labute approximate surface area is 155 Å². The number of phenolic OH excluding ortho intramolecular Hbond substituents is 1. The van der Waals surface area contributed by atoms with Gasteiger partial charge in [-0.2, -0.15) is 5.10 Å². The minimum Gasteiger partial charge on any atom is -0.504 e. The Balaban J connectivity index is 1.94. The summed E-state index contributed by atoms with van der Waals surface area (Å²) in [5.74, 6) is 0.226. The predicted octanol–water partition coefficient (Wildman–Crippen LogP) is 3.63. The van der Waals surface area contributed by atoms with Crippen LogP contribution < -0.4 is 14.9 Å². The molecule has 25 heavy (non-hydrogen) atoms. The van der Waals surface area contributed by atoms with Crippen molar-refractivity contribution < 1.29 is 19.4 Å². The zero-order valence-corrected chi connectivity index (χ0v) is 15.0. The third-order valence-corrected chi connectivity index (χ3v) is 3.69. The van der Waals surface area contributed by atoms with Gasteiger partial charge < -0.3 is 14.6 Å². The number of ether oxygens (including phenoxy) is 2. The summed E-state index contributed by atoms with van der Waals surface area (Å²) in [6, 6.07) is 9.40. The maximum Gasteiger partial charge on any atom is 0.280 e. The van der Waals surface area contributed by atoms with Crippen LogP contribution in [0.5, 0.6) is 17.2 Å². The summed E-state index contributed by atoms with van der Waals surface area (Å²) in [6.07, 6.45) is 0.604. The van der Waals surface area contributed by atoms with Gasteiger partial charge in [0, 0.05) is 5.02 Å². The summed E-state index contributed by atoms with van der Waals surface area (Å²) in [4.78, 5) is 12.0. The number of hydrogen-bond acceptors (Lipinski definition) is 5. The molecular formula is C17H16Cl2N2O4. The van der Waals surface area contributed by atoms with Crippen LogP contribution in [0.3, 0.4) is 0 Å². The van der Waals surface area contributed by atoms with Gasteiger partial charge in [-0.05, 0) is 48.9 Å². The molecule has 2 rings (SSSR count). The first-order valence-corrected chi connectivity index (χ1v) is 7.98. The van der Waals surface area contributed by atoms with E-state index in [2.05, 4.69) is 10.5 Å². The molecule has 0 saturated heterocycles. The lowest BCUT2D eigenvalue weighted by Crippen LogP contribution is -2.33. The molecule has 0 aliphatic heterocycles. The van der Waals surface area contributed by atoms with Crippen LogP contribution >= 0.6 is 23.2 Å². The van der Waals surface area contributed by atoms with E-state index in [4.69, 9.17) is 32.7 Å². The Kier molecular flexibility index (Phi) is 6.50. The van der Waals surface area contributed by atoms with Crippen molar-refractivity contribution in [2.45, 2.75) is 13.0 Å². The number of phenols is 1. The van der Waals surface area contributed by atoms with Crippen molar-refractivity contribution in [2.75, 3.05) is 7.11 Å². The summed E-state index contributed by atoms with van der Waals surface area (Å²) in [6.45, 7) is 1.57. The largest absolute Gasteiger partial charge is 0.504 e. The van der Waals surface area contributed by atoms with E-state index in [0.717, 1.165) is 0 Å². The first-order valence-electron chi connectivity index (χ1n) is 7.22. The molecule has 1 amide bonds. The van der Waals surface area contributed by atoms with Crippen LogP contribution in [0.4, 0.5) is 0 Å². The van der Waals surface area contributed by atoms with Gasteiger partial charge in [0.05, 0.1) is 18.3 Å². The van der Waals surface area contributed by atoms with Crippen LogP contribution in [0.25, 0.3) is 0 Å². The fraction of sp³-hybridized carbons (Fsp3) is 0.176. The molecule has 2 aromatic carbocycles. The number of nitrogens with zero attached hydrogens (tertiary/aromatic N) is 1. The van der Waals surface area contributed by atoms with E-state index < -0.39 is 12.0 Å². The van der Waals surface area contributed by atoms with Gasteiger partial charge in [-0.1, -0.05) is 23.2 Å². The van der Waals surface area contributed by atoms with Crippen molar-refractivity contribution in [3.8, 4) is 17.2 Å². The fourth-order valence-corrected chi connectivity index (χ4v) is 2.30. The molecule has 0 bridgehead atoms. The van der Waals surface area contributed by atoms with E-state index in [0.29, 0.717) is 27.1 Å². The van der Waals surface area contributed by atoms with E-state index in [1.165, 1.54) is 25.5 Å². The van der Waals surface area contributed by atoms with Gasteiger partial charge in [0.25, 0.3) is 5.91 Å². The van der Waals surface area contributed by atoms with Gasteiger partial charge in [-0.3, -0.25) is 4.79 Å². The molecule has 1 unspecified atom stereocenters. The van der Waals surface area contributed by atoms with Crippen LogP contribution in [0, 0.1) is 0 Å². The number of halogens is 2. The molecule has 0 radical (unpaired) electrons. The van der Waals surface area contributed by atoms with Crippen molar-refractivity contribution in [3.63, 3.8) is 0 Å². The molecule has 8 heteroatoms. The monoisotopic (exact) mass is 382 g/mol. The standard InChI is InChI=1S/C17H16Cl2N2O4/c1-10(25-15-6-4-12(18)8-13(15)19)17(23)21-20-9-11-3-5-14(22)16(7-11)24-2/h3-10,22H,1-2H3,(H,21,23)/b20-9+. The number of methoxy groups -OCH3 is 1. The summed E-state index contributed by atoms with van der Waals surface area (Å²) >= 11 is 11.8. The highest BCUT2D eigenvalue weighted by Gasteiger charge is 2.15. The molecule has 0 fully saturated rings. The first-order chi connectivity index (χ1) is 11.9. The van der Waals surface area contributed by atoms with Crippen molar-refractivity contribution in [2.24, 2.45) is 5.10 Å². The first kappa shape index (κ1) is 18.9. The van der Waals surface area contributed by atoms with Crippen LogP contribution in [-0.2, 0) is 4.79 Å². The highest BCUT2D eigenvalue weighted by Crippen LogP contribution is 2.28. The van der Waals surface area contributed by atoms with Crippen molar-refractivity contribution in [1.29, 1.82) is 0 Å². The topological polar surface area (TPSA) is 80.2 Å². The molecule has 0 aliphatic rings. The Morgan fingerprint density at radius 2 is 2.00 bits per heavy atom. The lowest BCUT2D eigenvalue weighted by molar-refractivity contribution is -0.127. The number of hydrogen-bond donors (Lipinski definition) is 2. The highest BCUT2D eigenvalue weighted by atomic mass is 35.5. The van der Waals surface area contributed by atoms with Crippen LogP contribution in [0.15, 0.2) is 41.5 Å². The van der Waals surface area contributed by atoms with Crippen molar-refractivity contribution >= 4 is 35.3 Å². The van der Waals surface area contributed by atoms with Gasteiger partial charge in [-0.15, -0.1) is 0 Å². The number of carbonyl (C=O) groups is 1. The van der Waals surface area contributed by atoms with Gasteiger partial charge in [0.15, 0.2) is 17.6 Å². The second-order valence-corrected chi connectivity index (χ2v) is 5.84. The summed E-state index contributed by atoms with van der Waals surface area (Å²) in [5.41, 5.74) is 3.01. The van der Waals surface area contributed by atoms with E-state index in [-0.39, 0.29) is 5.75 Å². The summed E-state index contributed by atoms with van der Waals surface area (Å²) in [7, 11) is 1.44. The summed E-state index contributed by atoms with van der Waals surface area (Å²) < 4.78 is 10.5. The molecule has 132 valence electrons. The average molecular weight is 383 g/mol. The number of hydrazone groups is 1. The second-order valence-electron chi connectivity index (χ2n) is 5.00. The van der Waals surface area contributed by atoms with Gasteiger partial charge in [-0.25, -0.2) is 5.43 Å². The third kappa shape index (κ3) is 5.27. The Hall–Kier alpha value is -2.44. The molecule has 0 spiro atoms. The van der Waals surface area contributed by atoms with Crippen LogP contribution in [0.2, 0.25) is 10.0 Å². The van der Waals surface area contributed by atoms with Crippen LogP contribution in [-0.4, -0.2) is 30.4 Å². The van der Waals surface area contributed by atoms with E-state index in [1.54, 1.807) is 31.2 Å². The zero-order chi connectivity index (χ0) is 18.4. The molecule has 2 aromatic rings. The Bertz CT molecular complexity index is 796. The average Bonchev–Trinajstić information content (AvgIpc) is 2.58. The van der Waals surface area contributed by atoms with E-state index in [1.807, 2.05) is 0 Å². The summed E-state index contributed by atoms with van der Waals surface area (Å²) in [5, 5.41) is 14.2. The molecule has 0 aliphatic carbocycles. The maximum atomic E-state index is 12.0. The molecular weight excluding hydrogens is 367 g/mol. The number of amides is 1. The number of benzene rings is 2. The maximum absolute atomic E-state index is 12.0. The second kappa shape index (κ2) is 8.60. The van der Waals surface area contributed by atoms with Crippen molar-refractivity contribution in [3.05, 3.63) is 52.0 Å². The predicted molar refractivity (Wildman–Crippen MR) is 96.9 cm³/mol.